The number of nitrogens with one attached hydrogen (secondary N) is 1. The fourth-order valence-corrected chi connectivity index (χ4v) is 6.16. The van der Waals surface area contributed by atoms with Crippen molar-refractivity contribution in [2.75, 3.05) is 19.7 Å². The van der Waals surface area contributed by atoms with Crippen LogP contribution in [0.5, 0.6) is 5.75 Å². The zero-order valence-electron chi connectivity index (χ0n) is 21.5. The van der Waals surface area contributed by atoms with Crippen LogP contribution >= 0.6 is 11.3 Å². The van der Waals surface area contributed by atoms with Crippen LogP contribution in [0, 0.1) is 5.41 Å². The van der Waals surface area contributed by atoms with E-state index in [-0.39, 0.29) is 17.5 Å². The molecule has 1 saturated heterocycles. The van der Waals surface area contributed by atoms with Gasteiger partial charge in [0.25, 0.3) is 0 Å². The molecule has 4 nitrogen and oxygen atoms in total. The van der Waals surface area contributed by atoms with Crippen molar-refractivity contribution in [2.45, 2.75) is 51.1 Å². The number of hydrogen-bond donors (Lipinski definition) is 1. The molecule has 0 atom stereocenters. The van der Waals surface area contributed by atoms with Gasteiger partial charge < -0.3 is 10.1 Å². The van der Waals surface area contributed by atoms with Crippen molar-refractivity contribution in [2.24, 2.45) is 5.41 Å². The number of piperidine rings is 1. The van der Waals surface area contributed by atoms with Crippen LogP contribution in [0.1, 0.15) is 46.2 Å². The number of halogens is 6. The van der Waals surface area contributed by atoms with Crippen LogP contribution in [0.25, 0.3) is 0 Å². The van der Waals surface area contributed by atoms with Crippen LogP contribution in [0.4, 0.5) is 26.3 Å². The van der Waals surface area contributed by atoms with Gasteiger partial charge in [-0.3, -0.25) is 9.69 Å². The summed E-state index contributed by atoms with van der Waals surface area (Å²) in [6.07, 6.45) is -7.54. The summed E-state index contributed by atoms with van der Waals surface area (Å²) in [4.78, 5) is 15.9. The maximum atomic E-state index is 13.6. The highest BCUT2D eigenvalue weighted by Gasteiger charge is 2.42. The zero-order chi connectivity index (χ0) is 28.5. The van der Waals surface area contributed by atoms with Gasteiger partial charge in [-0.25, -0.2) is 0 Å². The second-order valence-corrected chi connectivity index (χ2v) is 11.3. The van der Waals surface area contributed by atoms with Crippen LogP contribution in [0.2, 0.25) is 0 Å². The Labute approximate surface area is 231 Å². The summed E-state index contributed by atoms with van der Waals surface area (Å²) >= 11 is 1.50. The molecule has 1 fully saturated rings. The number of carbonyl (C=O) groups is 1. The van der Waals surface area contributed by atoms with Gasteiger partial charge in [0, 0.05) is 19.5 Å². The van der Waals surface area contributed by atoms with E-state index >= 15 is 0 Å². The lowest BCUT2D eigenvalue weighted by molar-refractivity contribution is -0.143. The maximum absolute atomic E-state index is 13.6. The molecule has 1 N–H and O–H groups in total. The third kappa shape index (κ3) is 6.46. The molecule has 1 amide bonds. The van der Waals surface area contributed by atoms with Crippen molar-refractivity contribution < 1.29 is 35.9 Å². The summed E-state index contributed by atoms with van der Waals surface area (Å²) in [6.45, 7) is 2.23. The summed E-state index contributed by atoms with van der Waals surface area (Å²) in [5.41, 5.74) is -0.549. The van der Waals surface area contributed by atoms with Crippen LogP contribution in [-0.4, -0.2) is 30.5 Å². The number of amides is 1. The summed E-state index contributed by atoms with van der Waals surface area (Å²) in [6, 6.07) is 9.50. The first kappa shape index (κ1) is 28.5. The monoisotopic (exact) mass is 582 g/mol. The van der Waals surface area contributed by atoms with Crippen molar-refractivity contribution in [1.82, 2.24) is 10.2 Å². The Morgan fingerprint density at radius 1 is 0.925 bits per heavy atom. The molecule has 0 spiro atoms. The first-order chi connectivity index (χ1) is 18.9. The lowest BCUT2D eigenvalue weighted by atomic mass is 9.73. The Morgan fingerprint density at radius 2 is 1.62 bits per heavy atom. The van der Waals surface area contributed by atoms with E-state index < -0.39 is 35.4 Å². The summed E-state index contributed by atoms with van der Waals surface area (Å²) < 4.78 is 85.3. The van der Waals surface area contributed by atoms with Gasteiger partial charge in [0.05, 0.1) is 23.1 Å². The molecule has 2 aromatic carbocycles. The standard InChI is InChI=1S/C29H28F6N2O2S/c30-28(31,32)23-12-21(13-24(14-23)29(33,34)35)16-36-26(38)27(15-20-4-10-40-18-20)5-7-37(8-6-27)17-19-1-2-25-22(11-19)3-9-39-25/h1-2,4,10-14,18H,3,5-9,15-17H2,(H,36,38). The molecule has 0 bridgehead atoms. The Kier molecular flexibility index (Phi) is 7.89. The molecular formula is C29H28F6N2O2S. The Morgan fingerprint density at radius 3 is 2.25 bits per heavy atom. The molecule has 40 heavy (non-hydrogen) atoms. The normalized spacial score (nSPS) is 17.4. The van der Waals surface area contributed by atoms with Crippen LogP contribution in [0.3, 0.4) is 0 Å². The van der Waals surface area contributed by atoms with E-state index in [4.69, 9.17) is 4.74 Å². The van der Waals surface area contributed by atoms with E-state index in [9.17, 15) is 31.1 Å². The Bertz CT molecular complexity index is 1310. The smallest absolute Gasteiger partial charge is 0.416 e. The molecule has 3 heterocycles. The summed E-state index contributed by atoms with van der Waals surface area (Å²) in [7, 11) is 0. The number of ether oxygens (including phenoxy) is 1. The number of benzene rings is 2. The number of likely N-dealkylation sites (tertiary alicyclic amines) is 1. The van der Waals surface area contributed by atoms with E-state index in [0.29, 0.717) is 57.6 Å². The van der Waals surface area contributed by atoms with Crippen molar-refractivity contribution in [3.8, 4) is 5.75 Å². The predicted molar refractivity (Wildman–Crippen MR) is 139 cm³/mol. The third-order valence-corrected chi connectivity index (χ3v) is 8.41. The van der Waals surface area contributed by atoms with E-state index in [2.05, 4.69) is 16.3 Å². The highest BCUT2D eigenvalue weighted by molar-refractivity contribution is 7.07. The predicted octanol–water partition coefficient (Wildman–Crippen LogP) is 6.86. The fourth-order valence-electron chi connectivity index (χ4n) is 5.49. The quantitative estimate of drug-likeness (QED) is 0.310. The number of fused-ring (bicyclic) bond motifs is 1. The van der Waals surface area contributed by atoms with Gasteiger partial charge in [-0.15, -0.1) is 0 Å². The molecule has 0 radical (unpaired) electrons. The van der Waals surface area contributed by atoms with Crippen LogP contribution in [0.15, 0.2) is 53.2 Å². The van der Waals surface area contributed by atoms with Crippen molar-refractivity contribution in [3.05, 3.63) is 86.6 Å². The highest BCUT2D eigenvalue weighted by Crippen LogP contribution is 2.39. The number of thiophene rings is 1. The average molecular weight is 583 g/mol. The van der Waals surface area contributed by atoms with Crippen molar-refractivity contribution in [1.29, 1.82) is 0 Å². The number of carbonyl (C=O) groups excluding carboxylic acids is 1. The number of alkyl halides is 6. The van der Waals surface area contributed by atoms with Crippen LogP contribution in [-0.2, 0) is 43.1 Å². The molecule has 214 valence electrons. The lowest BCUT2D eigenvalue weighted by Crippen LogP contribution is -2.49. The Balaban J connectivity index is 1.30. The van der Waals surface area contributed by atoms with Gasteiger partial charge in [-0.2, -0.15) is 37.7 Å². The number of hydrogen-bond acceptors (Lipinski definition) is 4. The molecule has 3 aromatic rings. The average Bonchev–Trinajstić information content (AvgIpc) is 3.59. The summed E-state index contributed by atoms with van der Waals surface area (Å²) in [5.74, 6) is 0.552. The molecule has 11 heteroatoms. The molecule has 5 rings (SSSR count). The van der Waals surface area contributed by atoms with E-state index in [1.807, 2.05) is 29.0 Å². The van der Waals surface area contributed by atoms with Gasteiger partial charge in [-0.05, 0) is 95.7 Å². The minimum absolute atomic E-state index is 0.0904. The minimum Gasteiger partial charge on any atom is -0.493 e. The van der Waals surface area contributed by atoms with E-state index in [1.54, 1.807) is 0 Å². The van der Waals surface area contributed by atoms with Crippen molar-refractivity contribution >= 4 is 17.2 Å². The van der Waals surface area contributed by atoms with Gasteiger partial charge in [-0.1, -0.05) is 12.1 Å². The summed E-state index contributed by atoms with van der Waals surface area (Å²) in [5, 5.41) is 6.54. The highest BCUT2D eigenvalue weighted by atomic mass is 32.1. The first-order valence-corrected chi connectivity index (χ1v) is 13.9. The van der Waals surface area contributed by atoms with Gasteiger partial charge in [0.2, 0.25) is 5.91 Å². The molecular weight excluding hydrogens is 554 g/mol. The lowest BCUT2D eigenvalue weighted by Gasteiger charge is -2.41. The first-order valence-electron chi connectivity index (χ1n) is 13.0. The molecule has 1 aromatic heterocycles. The number of nitrogens with zero attached hydrogens (tertiary/aromatic N) is 1. The second kappa shape index (κ2) is 11.1. The van der Waals surface area contributed by atoms with E-state index in [0.717, 1.165) is 23.3 Å². The molecule has 0 saturated carbocycles. The molecule has 2 aliphatic rings. The molecule has 2 aliphatic heterocycles. The van der Waals surface area contributed by atoms with Gasteiger partial charge in [0.1, 0.15) is 5.75 Å². The SMILES string of the molecule is O=C(NCc1cc(C(F)(F)F)cc(C(F)(F)F)c1)C1(Cc2ccsc2)CCN(Cc2ccc3c(c2)CCO3)CC1. The van der Waals surface area contributed by atoms with E-state index in [1.165, 1.54) is 16.9 Å². The fraction of sp³-hybridized carbons (Fsp3) is 0.414. The van der Waals surface area contributed by atoms with Gasteiger partial charge in [0.15, 0.2) is 0 Å². The largest absolute Gasteiger partial charge is 0.493 e. The topological polar surface area (TPSA) is 41.6 Å². The van der Waals surface area contributed by atoms with Crippen LogP contribution < -0.4 is 10.1 Å². The number of rotatable bonds is 7. The molecule has 0 aliphatic carbocycles. The Hall–Kier alpha value is -3.05. The molecule has 0 unspecified atom stereocenters. The van der Waals surface area contributed by atoms with Crippen molar-refractivity contribution in [3.63, 3.8) is 0 Å². The van der Waals surface area contributed by atoms with Gasteiger partial charge >= 0.3 is 12.4 Å². The third-order valence-electron chi connectivity index (χ3n) is 7.68. The minimum atomic E-state index is -4.95. The maximum Gasteiger partial charge on any atom is 0.416 e. The zero-order valence-corrected chi connectivity index (χ0v) is 22.3. The second-order valence-electron chi connectivity index (χ2n) is 10.5.